The Labute approximate surface area is 89.7 Å². The lowest BCUT2D eigenvalue weighted by molar-refractivity contribution is -0.131. The van der Waals surface area contributed by atoms with Gasteiger partial charge in [0.05, 0.1) is 5.54 Å². The molecule has 1 unspecified atom stereocenters. The lowest BCUT2D eigenvalue weighted by atomic mass is 9.85. The molecular formula is C12H16N2O. The molecule has 0 bridgehead atoms. The van der Waals surface area contributed by atoms with E-state index in [1.807, 2.05) is 0 Å². The van der Waals surface area contributed by atoms with Crippen LogP contribution in [0.15, 0.2) is 12.3 Å². The molecule has 80 valence electrons. The molecule has 2 aliphatic heterocycles. The van der Waals surface area contributed by atoms with Crippen molar-refractivity contribution in [2.75, 3.05) is 6.54 Å². The molecule has 15 heavy (non-hydrogen) atoms. The minimum absolute atomic E-state index is 0.0219. The zero-order chi connectivity index (χ0) is 10.6. The fourth-order valence-electron chi connectivity index (χ4n) is 3.13. The first-order chi connectivity index (χ1) is 7.13. The van der Waals surface area contributed by atoms with Gasteiger partial charge in [0, 0.05) is 38.3 Å². The Bertz CT molecular complexity index is 435. The summed E-state index contributed by atoms with van der Waals surface area (Å²) in [5, 5.41) is 0. The Morgan fingerprint density at radius 2 is 2.20 bits per heavy atom. The van der Waals surface area contributed by atoms with Gasteiger partial charge < -0.3 is 9.47 Å². The van der Waals surface area contributed by atoms with E-state index in [0.29, 0.717) is 12.3 Å². The highest BCUT2D eigenvalue weighted by atomic mass is 16.2. The van der Waals surface area contributed by atoms with Crippen molar-refractivity contribution < 1.29 is 4.79 Å². The van der Waals surface area contributed by atoms with Gasteiger partial charge in [0.1, 0.15) is 0 Å². The van der Waals surface area contributed by atoms with Gasteiger partial charge in [-0.05, 0) is 25.0 Å². The molecular weight excluding hydrogens is 188 g/mol. The number of hydrogen-bond acceptors (Lipinski definition) is 1. The van der Waals surface area contributed by atoms with E-state index in [9.17, 15) is 4.79 Å². The summed E-state index contributed by atoms with van der Waals surface area (Å²) < 4.78 is 2.20. The van der Waals surface area contributed by atoms with Crippen molar-refractivity contribution in [1.29, 1.82) is 0 Å². The van der Waals surface area contributed by atoms with E-state index >= 15 is 0 Å². The minimum atomic E-state index is -0.0219. The molecule has 1 fully saturated rings. The maximum atomic E-state index is 11.7. The monoisotopic (exact) mass is 204 g/mol. The van der Waals surface area contributed by atoms with Crippen LogP contribution in [0.5, 0.6) is 0 Å². The first-order valence-corrected chi connectivity index (χ1v) is 5.58. The number of amides is 1. The summed E-state index contributed by atoms with van der Waals surface area (Å²) in [4.78, 5) is 13.8. The maximum absolute atomic E-state index is 11.7. The van der Waals surface area contributed by atoms with Crippen LogP contribution in [0.3, 0.4) is 0 Å². The Kier molecular flexibility index (Phi) is 1.59. The van der Waals surface area contributed by atoms with Gasteiger partial charge in [0.15, 0.2) is 0 Å². The van der Waals surface area contributed by atoms with Crippen LogP contribution in [0.1, 0.15) is 31.0 Å². The van der Waals surface area contributed by atoms with Crippen molar-refractivity contribution in [3.63, 3.8) is 0 Å². The third-order valence-electron chi connectivity index (χ3n) is 4.08. The zero-order valence-electron chi connectivity index (χ0n) is 9.29. The molecule has 3 rings (SSSR count). The molecule has 1 aromatic heterocycles. The summed E-state index contributed by atoms with van der Waals surface area (Å²) in [7, 11) is 2.09. The molecule has 1 atom stereocenters. The molecule has 1 aromatic rings. The third kappa shape index (κ3) is 0.981. The van der Waals surface area contributed by atoms with Crippen LogP contribution in [0.25, 0.3) is 0 Å². The van der Waals surface area contributed by atoms with Crippen LogP contribution in [0.4, 0.5) is 0 Å². The molecule has 0 radical (unpaired) electrons. The quantitative estimate of drug-likeness (QED) is 0.627. The Balaban J connectivity index is 2.16. The molecule has 3 heteroatoms. The predicted molar refractivity (Wildman–Crippen MR) is 57.4 cm³/mol. The van der Waals surface area contributed by atoms with Crippen molar-refractivity contribution in [2.45, 2.75) is 31.7 Å². The largest absolute Gasteiger partial charge is 0.354 e. The molecule has 0 aromatic carbocycles. The van der Waals surface area contributed by atoms with Gasteiger partial charge >= 0.3 is 0 Å². The van der Waals surface area contributed by atoms with Crippen LogP contribution in [-0.4, -0.2) is 21.9 Å². The second kappa shape index (κ2) is 2.65. The van der Waals surface area contributed by atoms with Crippen molar-refractivity contribution in [2.24, 2.45) is 7.05 Å². The fourth-order valence-corrected chi connectivity index (χ4v) is 3.13. The van der Waals surface area contributed by atoms with E-state index in [-0.39, 0.29) is 5.54 Å². The first kappa shape index (κ1) is 9.01. The highest BCUT2D eigenvalue weighted by Crippen LogP contribution is 2.43. The van der Waals surface area contributed by atoms with Crippen molar-refractivity contribution in [1.82, 2.24) is 9.47 Å². The van der Waals surface area contributed by atoms with Gasteiger partial charge in [-0.25, -0.2) is 0 Å². The number of aryl methyl sites for hydroxylation is 1. The summed E-state index contributed by atoms with van der Waals surface area (Å²) in [5.74, 6) is 0.326. The average Bonchev–Trinajstić information content (AvgIpc) is 2.71. The van der Waals surface area contributed by atoms with Crippen molar-refractivity contribution in [3.05, 3.63) is 23.5 Å². The molecule has 1 saturated heterocycles. The summed E-state index contributed by atoms with van der Waals surface area (Å²) >= 11 is 0. The van der Waals surface area contributed by atoms with Gasteiger partial charge in [-0.3, -0.25) is 4.79 Å². The Morgan fingerprint density at radius 3 is 3.00 bits per heavy atom. The lowest BCUT2D eigenvalue weighted by Gasteiger charge is -2.40. The van der Waals surface area contributed by atoms with Gasteiger partial charge in [0.2, 0.25) is 5.91 Å². The first-order valence-electron chi connectivity index (χ1n) is 5.58. The minimum Gasteiger partial charge on any atom is -0.354 e. The summed E-state index contributed by atoms with van der Waals surface area (Å²) in [6.45, 7) is 3.09. The van der Waals surface area contributed by atoms with E-state index < -0.39 is 0 Å². The number of rotatable bonds is 0. The van der Waals surface area contributed by atoms with Crippen molar-refractivity contribution in [3.8, 4) is 0 Å². The van der Waals surface area contributed by atoms with Crippen LogP contribution in [0, 0.1) is 0 Å². The van der Waals surface area contributed by atoms with E-state index in [1.54, 1.807) is 0 Å². The second-order valence-electron chi connectivity index (χ2n) is 4.86. The predicted octanol–water partition coefficient (Wildman–Crippen LogP) is 1.42. The number of aromatic nitrogens is 1. The Morgan fingerprint density at radius 1 is 1.40 bits per heavy atom. The maximum Gasteiger partial charge on any atom is 0.223 e. The molecule has 3 nitrogen and oxygen atoms in total. The molecule has 2 aliphatic rings. The number of nitrogens with zero attached hydrogens (tertiary/aromatic N) is 2. The van der Waals surface area contributed by atoms with Gasteiger partial charge in [-0.15, -0.1) is 0 Å². The molecule has 1 amide bonds. The average molecular weight is 204 g/mol. The van der Waals surface area contributed by atoms with E-state index in [2.05, 4.69) is 35.7 Å². The second-order valence-corrected chi connectivity index (χ2v) is 4.86. The SMILES string of the molecule is Cn1ccc2c1CCN1C(=O)CCC21C. The van der Waals surface area contributed by atoms with E-state index in [1.165, 1.54) is 11.3 Å². The highest BCUT2D eigenvalue weighted by molar-refractivity contribution is 5.80. The van der Waals surface area contributed by atoms with Gasteiger partial charge in [-0.1, -0.05) is 0 Å². The standard InChI is InChI=1S/C12H16N2O/c1-12-6-3-11(15)14(12)8-5-10-9(12)4-7-13(10)2/h4,7H,3,5-6,8H2,1-2H3. The number of fused-ring (bicyclic) bond motifs is 3. The molecule has 3 heterocycles. The fraction of sp³-hybridized carbons (Fsp3) is 0.583. The normalized spacial score (nSPS) is 29.2. The summed E-state index contributed by atoms with van der Waals surface area (Å²) in [5.41, 5.74) is 2.75. The highest BCUT2D eigenvalue weighted by Gasteiger charge is 2.46. The van der Waals surface area contributed by atoms with E-state index in [4.69, 9.17) is 0 Å². The van der Waals surface area contributed by atoms with Gasteiger partial charge in [-0.2, -0.15) is 0 Å². The number of carbonyl (C=O) groups is 1. The topological polar surface area (TPSA) is 25.2 Å². The summed E-state index contributed by atoms with van der Waals surface area (Å²) in [6, 6.07) is 2.18. The number of carbonyl (C=O) groups excluding carboxylic acids is 1. The van der Waals surface area contributed by atoms with E-state index in [0.717, 1.165) is 19.4 Å². The molecule has 0 N–H and O–H groups in total. The van der Waals surface area contributed by atoms with Crippen LogP contribution >= 0.6 is 0 Å². The molecule has 0 aliphatic carbocycles. The molecule has 0 spiro atoms. The zero-order valence-corrected chi connectivity index (χ0v) is 9.29. The van der Waals surface area contributed by atoms with Crippen molar-refractivity contribution >= 4 is 5.91 Å². The van der Waals surface area contributed by atoms with Crippen LogP contribution in [0.2, 0.25) is 0 Å². The number of hydrogen-bond donors (Lipinski definition) is 0. The Hall–Kier alpha value is -1.25. The van der Waals surface area contributed by atoms with Gasteiger partial charge in [0.25, 0.3) is 0 Å². The molecule has 0 saturated carbocycles. The summed E-state index contributed by atoms with van der Waals surface area (Å²) in [6.07, 6.45) is 4.80. The smallest absolute Gasteiger partial charge is 0.223 e. The third-order valence-corrected chi connectivity index (χ3v) is 4.08. The lowest BCUT2D eigenvalue weighted by Crippen LogP contribution is -2.46. The van der Waals surface area contributed by atoms with Crippen LogP contribution in [-0.2, 0) is 23.8 Å². The van der Waals surface area contributed by atoms with Crippen LogP contribution < -0.4 is 0 Å².